The van der Waals surface area contributed by atoms with Gasteiger partial charge in [0.25, 0.3) is 0 Å². The van der Waals surface area contributed by atoms with Crippen LogP contribution in [0.15, 0.2) is 46.7 Å². The van der Waals surface area contributed by atoms with Crippen LogP contribution >= 0.6 is 11.8 Å². The Morgan fingerprint density at radius 3 is 2.56 bits per heavy atom. The molecule has 0 bridgehead atoms. The summed E-state index contributed by atoms with van der Waals surface area (Å²) in [4.78, 5) is 9.17. The topological polar surface area (TPSA) is 43.3 Å². The van der Waals surface area contributed by atoms with Crippen LogP contribution in [0.5, 0.6) is 0 Å². The van der Waals surface area contributed by atoms with Crippen molar-refractivity contribution in [2.24, 2.45) is 5.16 Å². The monoisotopic (exact) mass is 364 g/mol. The van der Waals surface area contributed by atoms with E-state index in [1.54, 1.807) is 31.2 Å². The summed E-state index contributed by atoms with van der Waals surface area (Å²) in [6.45, 7) is 8.03. The van der Waals surface area contributed by atoms with Crippen molar-refractivity contribution in [3.05, 3.63) is 42.2 Å². The number of hydrogen-bond acceptors (Lipinski definition) is 6. The molecule has 0 N–H and O–H groups in total. The van der Waals surface area contributed by atoms with Crippen LogP contribution in [0, 0.1) is 0 Å². The van der Waals surface area contributed by atoms with E-state index in [-0.39, 0.29) is 5.54 Å². The van der Waals surface area contributed by atoms with E-state index in [1.807, 2.05) is 0 Å². The first-order chi connectivity index (χ1) is 12.1. The lowest BCUT2D eigenvalue weighted by molar-refractivity contribution is 0.00901. The minimum absolute atomic E-state index is 0.254. The molecule has 1 aromatic rings. The van der Waals surface area contributed by atoms with Crippen LogP contribution in [0.4, 0.5) is 0 Å². The number of thioether (sulfide) groups is 1. The number of ether oxygens (including phenoxy) is 2. The van der Waals surface area contributed by atoms with E-state index in [4.69, 9.17) is 14.3 Å². The van der Waals surface area contributed by atoms with Gasteiger partial charge >= 0.3 is 0 Å². The summed E-state index contributed by atoms with van der Waals surface area (Å²) < 4.78 is 10.4. The summed E-state index contributed by atoms with van der Waals surface area (Å²) in [5, 5.41) is 4.49. The lowest BCUT2D eigenvalue weighted by Gasteiger charge is -2.41. The van der Waals surface area contributed by atoms with Gasteiger partial charge < -0.3 is 14.3 Å². The second-order valence-electron chi connectivity index (χ2n) is 6.23. The Kier molecular flexibility index (Phi) is 7.81. The molecule has 0 amide bonds. The van der Waals surface area contributed by atoms with E-state index in [9.17, 15) is 0 Å². The highest BCUT2D eigenvalue weighted by Gasteiger charge is 2.35. The van der Waals surface area contributed by atoms with Gasteiger partial charge in [0.05, 0.1) is 32.1 Å². The Balaban J connectivity index is 2.25. The first-order valence-corrected chi connectivity index (χ1v) is 9.67. The highest BCUT2D eigenvalue weighted by atomic mass is 32.2. The molecule has 6 heteroatoms. The average molecular weight is 365 g/mol. The van der Waals surface area contributed by atoms with Gasteiger partial charge in [-0.3, -0.25) is 4.90 Å². The lowest BCUT2D eigenvalue weighted by atomic mass is 9.90. The van der Waals surface area contributed by atoms with Crippen molar-refractivity contribution in [2.75, 3.05) is 46.3 Å². The fourth-order valence-corrected chi connectivity index (χ4v) is 3.23. The van der Waals surface area contributed by atoms with Crippen LogP contribution in [0.2, 0.25) is 0 Å². The molecule has 1 aromatic carbocycles. The summed E-state index contributed by atoms with van der Waals surface area (Å²) in [7, 11) is 1.61. The van der Waals surface area contributed by atoms with E-state index in [0.717, 1.165) is 37.6 Å². The van der Waals surface area contributed by atoms with Crippen LogP contribution < -0.4 is 0 Å². The van der Waals surface area contributed by atoms with E-state index in [2.05, 4.69) is 54.4 Å². The molecule has 1 saturated heterocycles. The molecule has 1 heterocycles. The smallest absolute Gasteiger partial charge is 0.138 e. The summed E-state index contributed by atoms with van der Waals surface area (Å²) in [6.07, 6.45) is 5.46. The van der Waals surface area contributed by atoms with E-state index < -0.39 is 0 Å². The van der Waals surface area contributed by atoms with Crippen molar-refractivity contribution in [3.63, 3.8) is 0 Å². The van der Waals surface area contributed by atoms with Crippen molar-refractivity contribution in [3.8, 4) is 0 Å². The lowest BCUT2D eigenvalue weighted by Crippen LogP contribution is -2.54. The minimum Gasteiger partial charge on any atom is -0.505 e. The van der Waals surface area contributed by atoms with E-state index >= 15 is 0 Å². The van der Waals surface area contributed by atoms with E-state index in [1.165, 1.54) is 4.90 Å². The molecule has 25 heavy (non-hydrogen) atoms. The molecule has 0 saturated carbocycles. The Bertz CT molecular complexity index is 579. The zero-order chi connectivity index (χ0) is 18.1. The molecule has 1 fully saturated rings. The predicted octanol–water partition coefficient (Wildman–Crippen LogP) is 3.40. The minimum atomic E-state index is -0.254. The van der Waals surface area contributed by atoms with Gasteiger partial charge in [-0.05, 0) is 38.3 Å². The molecule has 1 aliphatic heterocycles. The number of morpholine rings is 1. The standard InChI is InChI=1S/C19H28N2O3S/c1-19(2,21-10-14-23-15-11-21)18(20-24-13-5-12-22-3)16-6-8-17(25-4)9-7-16/h5-9,12H,10-11,13-15H2,1-4H3. The molecule has 0 radical (unpaired) electrons. The number of rotatable bonds is 8. The fourth-order valence-electron chi connectivity index (χ4n) is 2.82. The Morgan fingerprint density at radius 1 is 1.28 bits per heavy atom. The van der Waals surface area contributed by atoms with Crippen LogP contribution in [-0.2, 0) is 14.3 Å². The molecular weight excluding hydrogens is 336 g/mol. The zero-order valence-electron chi connectivity index (χ0n) is 15.5. The molecule has 2 rings (SSSR count). The van der Waals surface area contributed by atoms with E-state index in [0.29, 0.717) is 6.61 Å². The zero-order valence-corrected chi connectivity index (χ0v) is 16.3. The molecule has 0 spiro atoms. The van der Waals surface area contributed by atoms with Gasteiger partial charge in [-0.25, -0.2) is 0 Å². The molecule has 0 atom stereocenters. The third-order valence-corrected chi connectivity index (χ3v) is 5.05. The summed E-state index contributed by atoms with van der Waals surface area (Å²) in [5.74, 6) is 0. The van der Waals surface area contributed by atoms with Gasteiger partial charge in [0.1, 0.15) is 12.3 Å². The first kappa shape index (κ1) is 19.8. The number of methoxy groups -OCH3 is 1. The largest absolute Gasteiger partial charge is 0.505 e. The summed E-state index contributed by atoms with van der Waals surface area (Å²) in [5.41, 5.74) is 1.74. The van der Waals surface area contributed by atoms with Crippen LogP contribution in [-0.4, -0.2) is 62.4 Å². The van der Waals surface area contributed by atoms with Crippen molar-refractivity contribution < 1.29 is 14.3 Å². The fraction of sp³-hybridized carbons (Fsp3) is 0.526. The van der Waals surface area contributed by atoms with Crippen molar-refractivity contribution >= 4 is 17.5 Å². The Labute approximate surface area is 155 Å². The molecular formula is C19H28N2O3S. The number of oxime groups is 1. The molecule has 1 aliphatic rings. The molecule has 0 aromatic heterocycles. The second kappa shape index (κ2) is 9.85. The van der Waals surface area contributed by atoms with Gasteiger partial charge in [0.15, 0.2) is 0 Å². The second-order valence-corrected chi connectivity index (χ2v) is 7.11. The van der Waals surface area contributed by atoms with Gasteiger partial charge in [-0.15, -0.1) is 11.8 Å². The number of hydrogen-bond donors (Lipinski definition) is 0. The van der Waals surface area contributed by atoms with Crippen molar-refractivity contribution in [1.82, 2.24) is 4.90 Å². The van der Waals surface area contributed by atoms with Gasteiger partial charge in [0.2, 0.25) is 0 Å². The van der Waals surface area contributed by atoms with Crippen LogP contribution in [0.25, 0.3) is 0 Å². The highest BCUT2D eigenvalue weighted by Crippen LogP contribution is 2.24. The Morgan fingerprint density at radius 2 is 1.96 bits per heavy atom. The first-order valence-electron chi connectivity index (χ1n) is 8.45. The quantitative estimate of drug-likeness (QED) is 0.233. The average Bonchev–Trinajstić information content (AvgIpc) is 2.65. The number of nitrogens with zero attached hydrogens (tertiary/aromatic N) is 2. The maximum absolute atomic E-state index is 5.54. The third kappa shape index (κ3) is 5.49. The normalized spacial score (nSPS) is 17.0. The van der Waals surface area contributed by atoms with Gasteiger partial charge in [-0.2, -0.15) is 0 Å². The maximum Gasteiger partial charge on any atom is 0.138 e. The summed E-state index contributed by atoms with van der Waals surface area (Å²) in [6, 6.07) is 8.47. The molecule has 0 aliphatic carbocycles. The third-order valence-electron chi connectivity index (χ3n) is 4.30. The van der Waals surface area contributed by atoms with Gasteiger partial charge in [-0.1, -0.05) is 17.3 Å². The molecule has 0 unspecified atom stereocenters. The van der Waals surface area contributed by atoms with Crippen molar-refractivity contribution in [1.29, 1.82) is 0 Å². The molecule has 138 valence electrons. The Hall–Kier alpha value is -1.50. The predicted molar refractivity (Wildman–Crippen MR) is 103 cm³/mol. The van der Waals surface area contributed by atoms with Gasteiger partial charge in [0, 0.05) is 23.5 Å². The molecule has 5 nitrogen and oxygen atoms in total. The highest BCUT2D eigenvalue weighted by molar-refractivity contribution is 7.98. The summed E-state index contributed by atoms with van der Waals surface area (Å²) >= 11 is 1.73. The van der Waals surface area contributed by atoms with Crippen LogP contribution in [0.3, 0.4) is 0 Å². The number of benzene rings is 1. The maximum atomic E-state index is 5.54. The van der Waals surface area contributed by atoms with Crippen molar-refractivity contribution in [2.45, 2.75) is 24.3 Å². The SMILES string of the molecule is COC=CCON=C(c1ccc(SC)cc1)C(C)(C)N1CCOCC1. The van der Waals surface area contributed by atoms with Crippen LogP contribution in [0.1, 0.15) is 19.4 Å².